The minimum atomic E-state index is -4.11. The highest BCUT2D eigenvalue weighted by Crippen LogP contribution is 2.30. The van der Waals surface area contributed by atoms with Crippen LogP contribution in [0.3, 0.4) is 0 Å². The molecule has 21 heteroatoms. The number of rotatable bonds is 21. The Kier molecular flexibility index (Phi) is 18.7. The van der Waals surface area contributed by atoms with Crippen molar-refractivity contribution >= 4 is 72.8 Å². The molecule has 3 aromatic rings. The minimum Gasteiger partial charge on any atom is -0.496 e. The summed E-state index contributed by atoms with van der Waals surface area (Å²) in [5.41, 5.74) is 19.4. The molecule has 4 amide bonds. The number of methoxy groups -OCH3 is 1. The first kappa shape index (κ1) is 49.1. The first-order chi connectivity index (χ1) is 28.2. The zero-order valence-electron chi connectivity index (χ0n) is 34.8. The second-order valence-corrected chi connectivity index (χ2v) is 17.8. The molecule has 0 bridgehead atoms. The number of nitrogens with one attached hydrogen (secondary N) is 5. The smallest absolute Gasteiger partial charge is 0.315 e. The molecular weight excluding hydrogens is 879 g/mol. The number of halogens is 1. The van der Waals surface area contributed by atoms with E-state index in [1.807, 2.05) is 24.3 Å². The number of aryl methyl sites for hydroxylation is 1. The molecule has 18 nitrogen and oxygen atoms in total. The highest BCUT2D eigenvalue weighted by Gasteiger charge is 2.32. The number of hydrogen-bond donors (Lipinski definition) is 8. The Bertz CT molecular complexity index is 2130. The molecule has 0 aliphatic carbocycles. The van der Waals surface area contributed by atoms with Crippen LogP contribution in [-0.4, -0.2) is 87.3 Å². The van der Waals surface area contributed by atoms with Crippen molar-refractivity contribution in [3.05, 3.63) is 73.6 Å². The van der Waals surface area contributed by atoms with Crippen LogP contribution < -0.4 is 47.9 Å². The lowest BCUT2D eigenvalue weighted by atomic mass is 10.00. The van der Waals surface area contributed by atoms with E-state index in [2.05, 4.69) is 56.9 Å². The Morgan fingerprint density at radius 3 is 2.08 bits per heavy atom. The number of benzene rings is 2. The number of urea groups is 1. The number of carbonyl (C=O) groups is 4. The fraction of sp³-hybridized carbons (Fsp3) is 0.462. The lowest BCUT2D eigenvalue weighted by Crippen LogP contribution is -2.58. The SMILES string of the molecule is COc1cc(C)c(S(=O)(=O)NC(N)=NCCC[C@H](NC(=O)[C@@H](NC(=O)[C@H](CCCN=C(N)N)NC(=O)N[C@H](C)c2ccc(Br)cc2)C(C)C)C(=O)c2nccs2)c(C)c1C. The van der Waals surface area contributed by atoms with Crippen molar-refractivity contribution < 1.29 is 32.3 Å². The van der Waals surface area contributed by atoms with Crippen LogP contribution in [0, 0.1) is 26.7 Å². The molecule has 0 fully saturated rings. The van der Waals surface area contributed by atoms with Gasteiger partial charge in [0.15, 0.2) is 11.0 Å². The molecule has 0 aliphatic heterocycles. The van der Waals surface area contributed by atoms with Crippen molar-refractivity contribution in [2.24, 2.45) is 33.1 Å². The Labute approximate surface area is 363 Å². The van der Waals surface area contributed by atoms with Gasteiger partial charge in [-0.25, -0.2) is 22.9 Å². The zero-order chi connectivity index (χ0) is 44.7. The van der Waals surface area contributed by atoms with Gasteiger partial charge < -0.3 is 43.2 Å². The number of aromatic nitrogens is 1. The maximum absolute atomic E-state index is 13.9. The average Bonchev–Trinajstić information content (AvgIpc) is 3.72. The number of ether oxygens (including phenoxy) is 1. The van der Waals surface area contributed by atoms with Crippen LogP contribution in [0.4, 0.5) is 4.79 Å². The van der Waals surface area contributed by atoms with Crippen molar-refractivity contribution in [1.82, 2.24) is 31.0 Å². The maximum atomic E-state index is 13.9. The molecule has 0 aliphatic rings. The van der Waals surface area contributed by atoms with Gasteiger partial charge in [-0.05, 0) is 99.7 Å². The molecule has 11 N–H and O–H groups in total. The maximum Gasteiger partial charge on any atom is 0.315 e. The molecule has 3 rings (SSSR count). The van der Waals surface area contributed by atoms with E-state index < -0.39 is 63.7 Å². The first-order valence-electron chi connectivity index (χ1n) is 19.2. The highest BCUT2D eigenvalue weighted by atomic mass is 79.9. The van der Waals surface area contributed by atoms with Gasteiger partial charge in [0.2, 0.25) is 23.6 Å². The molecule has 60 heavy (non-hydrogen) atoms. The molecule has 1 aromatic heterocycles. The van der Waals surface area contributed by atoms with Crippen LogP contribution in [0.15, 0.2) is 61.3 Å². The Morgan fingerprint density at radius 2 is 1.50 bits per heavy atom. The van der Waals surface area contributed by atoms with Crippen LogP contribution in [0.25, 0.3) is 0 Å². The Morgan fingerprint density at radius 1 is 0.867 bits per heavy atom. The normalized spacial score (nSPS) is 13.7. The van der Waals surface area contributed by atoms with E-state index in [4.69, 9.17) is 21.9 Å². The van der Waals surface area contributed by atoms with Crippen LogP contribution in [-0.2, 0) is 19.6 Å². The van der Waals surface area contributed by atoms with Crippen molar-refractivity contribution in [2.45, 2.75) is 96.3 Å². The van der Waals surface area contributed by atoms with Crippen molar-refractivity contribution in [3.8, 4) is 5.75 Å². The van der Waals surface area contributed by atoms with E-state index >= 15 is 0 Å². The van der Waals surface area contributed by atoms with E-state index in [1.54, 1.807) is 53.0 Å². The summed E-state index contributed by atoms with van der Waals surface area (Å²) in [4.78, 5) is 66.7. The number of sulfonamides is 1. The standard InChI is InChI=1S/C39H56BrN11O7S2/c1-21(2)31(50-34(53)29(11-9-16-45-37(41)42)49-39(55)47-25(6)26-12-14-27(40)15-13-26)35(54)48-28(32(52)36-44-18-19-59-36)10-8-17-46-38(43)51-60(56,57)33-22(3)20-30(58-7)23(4)24(33)5/h12-15,18-21,25,28-29,31H,8-11,16-17H2,1-7H3,(H,48,54)(H,50,53)(H4,41,42,45)(H3,43,46,51)(H2,47,49,55)/t25-,28+,29+,31+/m1/s1. The van der Waals surface area contributed by atoms with Gasteiger partial charge in [0.1, 0.15) is 17.8 Å². The summed E-state index contributed by atoms with van der Waals surface area (Å²) >= 11 is 4.50. The third-order valence-electron chi connectivity index (χ3n) is 9.45. The van der Waals surface area contributed by atoms with Crippen molar-refractivity contribution in [3.63, 3.8) is 0 Å². The number of nitrogens with two attached hydrogens (primary N) is 3. The number of Topliss-reactive ketones (excluding diaryl/α,β-unsaturated/α-hetero) is 1. The van der Waals surface area contributed by atoms with Gasteiger partial charge in [-0.3, -0.25) is 24.4 Å². The molecule has 0 radical (unpaired) electrons. The predicted molar refractivity (Wildman–Crippen MR) is 236 cm³/mol. The largest absolute Gasteiger partial charge is 0.496 e. The summed E-state index contributed by atoms with van der Waals surface area (Å²) in [7, 11) is -2.60. The second kappa shape index (κ2) is 22.9. The number of hydrogen-bond acceptors (Lipinski definition) is 11. The van der Waals surface area contributed by atoms with Gasteiger partial charge >= 0.3 is 6.03 Å². The molecule has 0 unspecified atom stereocenters. The van der Waals surface area contributed by atoms with E-state index in [-0.39, 0.29) is 54.2 Å². The molecule has 328 valence electrons. The molecule has 0 saturated carbocycles. The summed E-state index contributed by atoms with van der Waals surface area (Å²) in [6.07, 6.45) is 2.22. The first-order valence-corrected chi connectivity index (χ1v) is 22.3. The summed E-state index contributed by atoms with van der Waals surface area (Å²) in [5, 5.41) is 12.9. The summed E-state index contributed by atoms with van der Waals surface area (Å²) < 4.78 is 35.2. The van der Waals surface area contributed by atoms with Gasteiger partial charge in [0, 0.05) is 29.1 Å². The summed E-state index contributed by atoms with van der Waals surface area (Å²) in [6.45, 7) is 10.5. The molecule has 0 saturated heterocycles. The highest BCUT2D eigenvalue weighted by molar-refractivity contribution is 9.10. The predicted octanol–water partition coefficient (Wildman–Crippen LogP) is 3.20. The number of aliphatic imine (C=N–C) groups is 2. The van der Waals surface area contributed by atoms with E-state index in [1.165, 1.54) is 13.3 Å². The van der Waals surface area contributed by atoms with E-state index in [0.29, 0.717) is 28.9 Å². The summed E-state index contributed by atoms with van der Waals surface area (Å²) in [6, 6.07) is 4.75. The third-order valence-corrected chi connectivity index (χ3v) is 12.4. The monoisotopic (exact) mass is 933 g/mol. The molecule has 4 atom stereocenters. The summed E-state index contributed by atoms with van der Waals surface area (Å²) in [5.74, 6) is -2.09. The molecule has 2 aromatic carbocycles. The van der Waals surface area contributed by atoms with Crippen LogP contribution >= 0.6 is 27.3 Å². The molecule has 1 heterocycles. The Hall–Kier alpha value is -5.28. The van der Waals surface area contributed by atoms with Crippen LogP contribution in [0.5, 0.6) is 5.75 Å². The average molecular weight is 935 g/mol. The van der Waals surface area contributed by atoms with Gasteiger partial charge in [0.05, 0.1) is 24.1 Å². The van der Waals surface area contributed by atoms with Gasteiger partial charge in [-0.15, -0.1) is 11.3 Å². The minimum absolute atomic E-state index is 0.00548. The Balaban J connectivity index is 1.74. The van der Waals surface area contributed by atoms with Crippen molar-refractivity contribution in [1.29, 1.82) is 0 Å². The number of thiazole rings is 1. The van der Waals surface area contributed by atoms with Gasteiger partial charge in [0.25, 0.3) is 10.0 Å². The van der Waals surface area contributed by atoms with Crippen molar-refractivity contribution in [2.75, 3.05) is 20.2 Å². The van der Waals surface area contributed by atoms with Crippen LogP contribution in [0.1, 0.15) is 84.6 Å². The second-order valence-electron chi connectivity index (χ2n) is 14.4. The van der Waals surface area contributed by atoms with Gasteiger partial charge in [-0.1, -0.05) is 41.9 Å². The number of ketones is 1. The number of nitrogens with zero attached hydrogens (tertiary/aromatic N) is 3. The zero-order valence-corrected chi connectivity index (χ0v) is 38.0. The number of amides is 4. The topological polar surface area (TPSA) is 287 Å². The van der Waals surface area contributed by atoms with Crippen LogP contribution in [0.2, 0.25) is 0 Å². The molecular formula is C39H56BrN11O7S2. The quantitative estimate of drug-likeness (QED) is 0.0332. The molecule has 0 spiro atoms. The number of carbonyl (C=O) groups excluding carboxylic acids is 4. The van der Waals surface area contributed by atoms with Gasteiger partial charge in [-0.2, -0.15) is 0 Å². The number of guanidine groups is 2. The lowest BCUT2D eigenvalue weighted by molar-refractivity contribution is -0.131. The lowest BCUT2D eigenvalue weighted by Gasteiger charge is -2.27. The van der Waals surface area contributed by atoms with E-state index in [0.717, 1.165) is 21.4 Å². The third kappa shape index (κ3) is 14.5. The fourth-order valence-corrected chi connectivity index (χ4v) is 8.56. The van der Waals surface area contributed by atoms with E-state index in [9.17, 15) is 27.6 Å². The fourth-order valence-electron chi connectivity index (χ4n) is 6.18.